The first kappa shape index (κ1) is 13.0. The number of carbonyl (C=O) groups excluding carboxylic acids is 1. The maximum atomic E-state index is 11.6. The fourth-order valence-corrected chi connectivity index (χ4v) is 2.16. The van der Waals surface area contributed by atoms with Crippen LogP contribution in [0.2, 0.25) is 0 Å². The monoisotopic (exact) mass is 228 g/mol. The summed E-state index contributed by atoms with van der Waals surface area (Å²) < 4.78 is 0. The third kappa shape index (κ3) is 3.20. The second-order valence-corrected chi connectivity index (χ2v) is 4.39. The summed E-state index contributed by atoms with van der Waals surface area (Å²) in [6.45, 7) is 1.96. The number of amides is 1. The van der Waals surface area contributed by atoms with E-state index in [1.54, 1.807) is 0 Å². The molecule has 1 fully saturated rings. The van der Waals surface area contributed by atoms with Crippen LogP contribution in [0, 0.1) is 5.92 Å². The van der Waals surface area contributed by atoms with E-state index in [4.69, 9.17) is 10.8 Å². The lowest BCUT2D eigenvalue weighted by Crippen LogP contribution is -2.47. The fraction of sp³-hybridized carbons (Fsp3) is 0.818. The lowest BCUT2D eigenvalue weighted by atomic mass is 10.0. The van der Waals surface area contributed by atoms with Crippen molar-refractivity contribution >= 4 is 11.9 Å². The first-order chi connectivity index (χ1) is 7.56. The average molecular weight is 228 g/mol. The molecule has 1 aliphatic carbocycles. The van der Waals surface area contributed by atoms with E-state index in [1.165, 1.54) is 0 Å². The topological polar surface area (TPSA) is 92.4 Å². The molecule has 0 bridgehead atoms. The van der Waals surface area contributed by atoms with Crippen LogP contribution < -0.4 is 11.1 Å². The van der Waals surface area contributed by atoms with E-state index in [0.717, 1.165) is 19.3 Å². The summed E-state index contributed by atoms with van der Waals surface area (Å²) in [6, 6.07) is -0.757. The minimum Gasteiger partial charge on any atom is -0.481 e. The Morgan fingerprint density at radius 3 is 2.75 bits per heavy atom. The zero-order chi connectivity index (χ0) is 12.1. The summed E-state index contributed by atoms with van der Waals surface area (Å²) in [4.78, 5) is 22.5. The Bertz CT molecular complexity index is 268. The molecule has 0 aromatic rings. The molecule has 0 spiro atoms. The fourth-order valence-electron chi connectivity index (χ4n) is 2.16. The van der Waals surface area contributed by atoms with Crippen LogP contribution in [0.15, 0.2) is 0 Å². The molecule has 0 saturated heterocycles. The number of carbonyl (C=O) groups is 2. The Kier molecular flexibility index (Phi) is 4.73. The van der Waals surface area contributed by atoms with Crippen LogP contribution in [-0.4, -0.2) is 29.1 Å². The van der Waals surface area contributed by atoms with Crippen LogP contribution in [-0.2, 0) is 9.59 Å². The Morgan fingerprint density at radius 1 is 1.50 bits per heavy atom. The second-order valence-electron chi connectivity index (χ2n) is 4.39. The van der Waals surface area contributed by atoms with Gasteiger partial charge >= 0.3 is 5.97 Å². The summed E-state index contributed by atoms with van der Waals surface area (Å²) in [7, 11) is 0. The molecule has 0 aliphatic heterocycles. The smallest absolute Gasteiger partial charge is 0.308 e. The summed E-state index contributed by atoms with van der Waals surface area (Å²) >= 11 is 0. The van der Waals surface area contributed by atoms with Crippen molar-refractivity contribution in [2.75, 3.05) is 0 Å². The lowest BCUT2D eigenvalue weighted by molar-refractivity contribution is -0.142. The minimum atomic E-state index is -0.827. The van der Waals surface area contributed by atoms with Crippen molar-refractivity contribution in [2.24, 2.45) is 11.7 Å². The molecule has 1 amide bonds. The number of aliphatic carboxylic acids is 1. The molecule has 1 rings (SSSR count). The van der Waals surface area contributed by atoms with E-state index in [1.807, 2.05) is 6.92 Å². The van der Waals surface area contributed by atoms with Gasteiger partial charge in [0.05, 0.1) is 12.0 Å². The molecule has 0 heterocycles. The van der Waals surface area contributed by atoms with Gasteiger partial charge in [0, 0.05) is 6.04 Å². The third-order valence-corrected chi connectivity index (χ3v) is 3.10. The molecule has 3 atom stereocenters. The summed E-state index contributed by atoms with van der Waals surface area (Å²) in [5.41, 5.74) is 5.67. The van der Waals surface area contributed by atoms with Gasteiger partial charge in [0.15, 0.2) is 0 Å². The molecule has 0 aromatic heterocycles. The van der Waals surface area contributed by atoms with Gasteiger partial charge < -0.3 is 16.2 Å². The number of hydrogen-bond donors (Lipinski definition) is 3. The van der Waals surface area contributed by atoms with Crippen LogP contribution in [0.3, 0.4) is 0 Å². The average Bonchev–Trinajstić information content (AvgIpc) is 2.66. The van der Waals surface area contributed by atoms with Crippen LogP contribution in [0.5, 0.6) is 0 Å². The Morgan fingerprint density at radius 2 is 2.19 bits per heavy atom. The molecule has 1 aliphatic rings. The van der Waals surface area contributed by atoms with Gasteiger partial charge in [-0.1, -0.05) is 19.8 Å². The van der Waals surface area contributed by atoms with Crippen LogP contribution >= 0.6 is 0 Å². The van der Waals surface area contributed by atoms with Gasteiger partial charge in [-0.15, -0.1) is 0 Å². The van der Waals surface area contributed by atoms with Gasteiger partial charge in [-0.25, -0.2) is 0 Å². The summed E-state index contributed by atoms with van der Waals surface area (Å²) in [6.07, 6.45) is 3.72. The van der Waals surface area contributed by atoms with E-state index in [-0.39, 0.29) is 11.9 Å². The van der Waals surface area contributed by atoms with Crippen LogP contribution in [0.4, 0.5) is 0 Å². The van der Waals surface area contributed by atoms with E-state index in [2.05, 4.69) is 5.32 Å². The van der Waals surface area contributed by atoms with Crippen molar-refractivity contribution in [3.05, 3.63) is 0 Å². The lowest BCUT2D eigenvalue weighted by Gasteiger charge is -2.20. The molecule has 1 saturated carbocycles. The Balaban J connectivity index is 2.47. The van der Waals surface area contributed by atoms with Crippen molar-refractivity contribution in [2.45, 2.75) is 51.1 Å². The normalized spacial score (nSPS) is 26.4. The molecule has 0 aromatic carbocycles. The molecule has 0 radical (unpaired) electrons. The predicted octanol–water partition coefficient (Wildman–Crippen LogP) is 0.483. The number of carboxylic acids is 1. The molecule has 92 valence electrons. The van der Waals surface area contributed by atoms with Gasteiger partial charge in [0.2, 0.25) is 5.91 Å². The highest BCUT2D eigenvalue weighted by atomic mass is 16.4. The van der Waals surface area contributed by atoms with Gasteiger partial charge in [-0.2, -0.15) is 0 Å². The Labute approximate surface area is 95.4 Å². The maximum absolute atomic E-state index is 11.6. The molecular weight excluding hydrogens is 208 g/mol. The first-order valence-corrected chi connectivity index (χ1v) is 5.85. The van der Waals surface area contributed by atoms with E-state index in [0.29, 0.717) is 12.8 Å². The predicted molar refractivity (Wildman–Crippen MR) is 59.8 cm³/mol. The highest BCUT2D eigenvalue weighted by Gasteiger charge is 2.34. The van der Waals surface area contributed by atoms with Gasteiger partial charge in [-0.3, -0.25) is 9.59 Å². The number of nitrogens with two attached hydrogens (primary N) is 1. The highest BCUT2D eigenvalue weighted by molar-refractivity contribution is 5.82. The number of nitrogens with one attached hydrogen (secondary N) is 1. The Hall–Kier alpha value is -1.10. The highest BCUT2D eigenvalue weighted by Crippen LogP contribution is 2.25. The zero-order valence-electron chi connectivity index (χ0n) is 9.61. The maximum Gasteiger partial charge on any atom is 0.308 e. The van der Waals surface area contributed by atoms with Gasteiger partial charge in [0.1, 0.15) is 0 Å². The molecule has 4 N–H and O–H groups in total. The van der Waals surface area contributed by atoms with Crippen molar-refractivity contribution in [1.29, 1.82) is 0 Å². The first-order valence-electron chi connectivity index (χ1n) is 5.85. The molecule has 5 nitrogen and oxygen atoms in total. The van der Waals surface area contributed by atoms with Crippen molar-refractivity contribution in [3.8, 4) is 0 Å². The van der Waals surface area contributed by atoms with Gasteiger partial charge in [0.25, 0.3) is 0 Å². The summed E-state index contributed by atoms with van der Waals surface area (Å²) in [5.74, 6) is -1.50. The van der Waals surface area contributed by atoms with E-state index < -0.39 is 17.9 Å². The minimum absolute atomic E-state index is 0.222. The standard InChI is InChI=1S/C11H20N2O3/c1-2-4-8(12)10(14)13-9-6-3-5-7(9)11(15)16/h7-9H,2-6,12H2,1H3,(H,13,14)(H,15,16)/t7?,8-,9?/m1/s1. The van der Waals surface area contributed by atoms with E-state index in [9.17, 15) is 9.59 Å². The van der Waals surface area contributed by atoms with Gasteiger partial charge in [-0.05, 0) is 19.3 Å². The van der Waals surface area contributed by atoms with Crippen LogP contribution in [0.25, 0.3) is 0 Å². The molecular formula is C11H20N2O3. The van der Waals surface area contributed by atoms with E-state index >= 15 is 0 Å². The SMILES string of the molecule is CCC[C@@H](N)C(=O)NC1CCCC1C(=O)O. The van der Waals surface area contributed by atoms with Crippen molar-refractivity contribution < 1.29 is 14.7 Å². The summed E-state index contributed by atoms with van der Waals surface area (Å²) in [5, 5.41) is 11.7. The number of hydrogen-bond acceptors (Lipinski definition) is 3. The third-order valence-electron chi connectivity index (χ3n) is 3.10. The number of carboxylic acid groups (broad SMARTS) is 1. The largest absolute Gasteiger partial charge is 0.481 e. The van der Waals surface area contributed by atoms with Crippen LogP contribution in [0.1, 0.15) is 39.0 Å². The zero-order valence-corrected chi connectivity index (χ0v) is 9.61. The number of rotatable bonds is 5. The molecule has 2 unspecified atom stereocenters. The second kappa shape index (κ2) is 5.84. The molecule has 16 heavy (non-hydrogen) atoms. The van der Waals surface area contributed by atoms with Crippen molar-refractivity contribution in [3.63, 3.8) is 0 Å². The quantitative estimate of drug-likeness (QED) is 0.638. The molecule has 5 heteroatoms. The van der Waals surface area contributed by atoms with Crippen molar-refractivity contribution in [1.82, 2.24) is 5.32 Å².